The topological polar surface area (TPSA) is 65.3 Å². The average molecular weight is 579 g/mol. The van der Waals surface area contributed by atoms with E-state index in [1.54, 1.807) is 0 Å². The Morgan fingerprint density at radius 2 is 1.05 bits per heavy atom. The fourth-order valence-electron chi connectivity index (χ4n) is 5.31. The number of aryl methyl sites for hydroxylation is 1. The molecule has 43 heavy (non-hydrogen) atoms. The van der Waals surface area contributed by atoms with E-state index in [0.29, 0.717) is 19.8 Å². The van der Waals surface area contributed by atoms with Gasteiger partial charge in [-0.15, -0.1) is 0 Å². The monoisotopic (exact) mass is 578 g/mol. The van der Waals surface area contributed by atoms with Crippen LogP contribution in [0.1, 0.15) is 30.5 Å². The first-order chi connectivity index (χ1) is 20.9. The van der Waals surface area contributed by atoms with Gasteiger partial charge in [-0.1, -0.05) is 56.3 Å². The van der Waals surface area contributed by atoms with Crippen molar-refractivity contribution in [2.75, 3.05) is 39.6 Å². The van der Waals surface area contributed by atoms with Crippen LogP contribution in [0.5, 0.6) is 17.2 Å². The second-order valence-electron chi connectivity index (χ2n) is 12.2. The molecular formula is C37H38O6. The predicted octanol–water partition coefficient (Wildman–Crippen LogP) is 6.99. The molecule has 6 nitrogen and oxygen atoms in total. The molecule has 6 heteroatoms. The smallest absolute Gasteiger partial charge is 0.120 e. The lowest BCUT2D eigenvalue weighted by molar-refractivity contribution is 0.263. The van der Waals surface area contributed by atoms with Gasteiger partial charge in [0.15, 0.2) is 0 Å². The van der Waals surface area contributed by atoms with Gasteiger partial charge in [-0.2, -0.15) is 0 Å². The summed E-state index contributed by atoms with van der Waals surface area (Å²) in [7, 11) is 0. The van der Waals surface area contributed by atoms with Crippen LogP contribution in [0, 0.1) is 6.92 Å². The molecule has 0 radical (unpaired) electrons. The van der Waals surface area contributed by atoms with Crippen molar-refractivity contribution in [1.29, 1.82) is 0 Å². The van der Waals surface area contributed by atoms with Crippen LogP contribution in [0.25, 0.3) is 22.3 Å². The van der Waals surface area contributed by atoms with Gasteiger partial charge < -0.3 is 28.4 Å². The highest BCUT2D eigenvalue weighted by molar-refractivity contribution is 5.86. The largest absolute Gasteiger partial charge is 0.491 e. The molecule has 222 valence electrons. The number of hydrogen-bond acceptors (Lipinski definition) is 6. The van der Waals surface area contributed by atoms with Gasteiger partial charge in [-0.05, 0) is 88.3 Å². The Morgan fingerprint density at radius 1 is 0.558 bits per heavy atom. The highest BCUT2D eigenvalue weighted by atomic mass is 16.6. The maximum atomic E-state index is 6.14. The van der Waals surface area contributed by atoms with Gasteiger partial charge >= 0.3 is 0 Å². The first-order valence-corrected chi connectivity index (χ1v) is 15.1. The number of rotatable bonds is 13. The third-order valence-electron chi connectivity index (χ3n) is 8.50. The summed E-state index contributed by atoms with van der Waals surface area (Å²) < 4.78 is 33.8. The van der Waals surface area contributed by atoms with E-state index in [1.165, 1.54) is 22.3 Å². The van der Waals surface area contributed by atoms with Crippen LogP contribution in [-0.2, 0) is 19.6 Å². The highest BCUT2D eigenvalue weighted by Gasteiger charge is 2.27. The molecule has 3 aliphatic heterocycles. The van der Waals surface area contributed by atoms with Gasteiger partial charge in [0.05, 0.1) is 19.8 Å². The zero-order valence-electron chi connectivity index (χ0n) is 25.0. The van der Waals surface area contributed by atoms with E-state index in [-0.39, 0.29) is 23.7 Å². The van der Waals surface area contributed by atoms with E-state index >= 15 is 0 Å². The summed E-state index contributed by atoms with van der Waals surface area (Å²) in [5.74, 6) is 2.56. The Balaban J connectivity index is 1.20. The molecule has 0 saturated carbocycles. The molecule has 7 rings (SSSR count). The predicted molar refractivity (Wildman–Crippen MR) is 166 cm³/mol. The summed E-state index contributed by atoms with van der Waals surface area (Å²) in [4.78, 5) is 0. The van der Waals surface area contributed by atoms with Crippen LogP contribution in [0.3, 0.4) is 0 Å². The first kappa shape index (κ1) is 28.0. The van der Waals surface area contributed by atoms with Crippen LogP contribution >= 0.6 is 0 Å². The minimum absolute atomic E-state index is 0.196. The van der Waals surface area contributed by atoms with Crippen LogP contribution < -0.4 is 14.2 Å². The molecular weight excluding hydrogens is 540 g/mol. The lowest BCUT2D eigenvalue weighted by Gasteiger charge is -2.28. The number of ether oxygens (including phenoxy) is 6. The molecule has 0 spiro atoms. The molecule has 3 unspecified atom stereocenters. The third kappa shape index (κ3) is 6.72. The summed E-state index contributed by atoms with van der Waals surface area (Å²) in [6, 6.07) is 30.0. The van der Waals surface area contributed by atoms with Gasteiger partial charge in [-0.25, -0.2) is 0 Å². The molecule has 0 amide bonds. The fourth-order valence-corrected chi connectivity index (χ4v) is 5.31. The van der Waals surface area contributed by atoms with Crippen LogP contribution in [-0.4, -0.2) is 58.0 Å². The van der Waals surface area contributed by atoms with Crippen molar-refractivity contribution in [3.05, 3.63) is 102 Å². The second-order valence-corrected chi connectivity index (χ2v) is 12.2. The summed E-state index contributed by atoms with van der Waals surface area (Å²) in [6.07, 6.45) is 0.668. The molecule has 3 heterocycles. The van der Waals surface area contributed by atoms with Gasteiger partial charge in [0.1, 0.15) is 55.4 Å². The summed E-state index contributed by atoms with van der Waals surface area (Å²) in [6.45, 7) is 10.8. The lowest BCUT2D eigenvalue weighted by Crippen LogP contribution is -2.19. The van der Waals surface area contributed by atoms with Gasteiger partial charge in [-0.3, -0.25) is 0 Å². The zero-order valence-corrected chi connectivity index (χ0v) is 25.0. The Hall–Kier alpha value is -3.84. The lowest BCUT2D eigenvalue weighted by atomic mass is 9.76. The molecule has 0 aromatic heterocycles. The number of hydrogen-bond donors (Lipinski definition) is 0. The van der Waals surface area contributed by atoms with Crippen molar-refractivity contribution < 1.29 is 28.4 Å². The quantitative estimate of drug-likeness (QED) is 0.159. The van der Waals surface area contributed by atoms with E-state index in [4.69, 9.17) is 28.4 Å². The van der Waals surface area contributed by atoms with E-state index in [0.717, 1.165) is 53.8 Å². The molecule has 3 atom stereocenters. The number of epoxide rings is 3. The maximum Gasteiger partial charge on any atom is 0.120 e. The van der Waals surface area contributed by atoms with E-state index in [2.05, 4.69) is 93.6 Å². The summed E-state index contributed by atoms with van der Waals surface area (Å²) in [5.41, 5.74) is 8.04. The van der Waals surface area contributed by atoms with E-state index in [9.17, 15) is 0 Å². The number of benzene rings is 4. The van der Waals surface area contributed by atoms with Crippen LogP contribution in [0.15, 0.2) is 84.9 Å². The minimum atomic E-state index is -0.220. The molecule has 4 aromatic rings. The summed E-state index contributed by atoms with van der Waals surface area (Å²) in [5, 5.41) is 0. The van der Waals surface area contributed by atoms with E-state index in [1.807, 2.05) is 12.1 Å². The molecule has 0 N–H and O–H groups in total. The van der Waals surface area contributed by atoms with Gasteiger partial charge in [0.25, 0.3) is 0 Å². The van der Waals surface area contributed by atoms with Crippen molar-refractivity contribution in [2.45, 2.75) is 44.5 Å². The Kier molecular flexibility index (Phi) is 7.60. The van der Waals surface area contributed by atoms with Crippen LogP contribution in [0.2, 0.25) is 0 Å². The zero-order chi connectivity index (χ0) is 29.4. The van der Waals surface area contributed by atoms with Crippen LogP contribution in [0.4, 0.5) is 0 Å². The van der Waals surface area contributed by atoms with Gasteiger partial charge in [0.2, 0.25) is 0 Å². The molecule has 3 fully saturated rings. The average Bonchev–Trinajstić information content (AvgIpc) is 3.87. The fraction of sp³-hybridized carbons (Fsp3) is 0.351. The molecule has 4 aromatic carbocycles. The van der Waals surface area contributed by atoms with Crippen molar-refractivity contribution in [2.24, 2.45) is 0 Å². The molecule has 3 aliphatic rings. The van der Waals surface area contributed by atoms with Crippen molar-refractivity contribution >= 4 is 0 Å². The standard InChI is InChI=1S/C37H38O6/c1-24-4-7-27(37(2,3)26-8-12-29(13-9-26)39-19-32-22-42-32)16-35(24)36-17-30(40-20-33-23-43-33)14-15-34(36)25-5-10-28(11-6-25)38-18-31-21-41-31/h4-17,31-33H,18-23H2,1-3H3. The highest BCUT2D eigenvalue weighted by Crippen LogP contribution is 2.41. The molecule has 0 aliphatic carbocycles. The second kappa shape index (κ2) is 11.7. The Morgan fingerprint density at radius 3 is 1.60 bits per heavy atom. The van der Waals surface area contributed by atoms with E-state index < -0.39 is 0 Å². The normalized spacial score (nSPS) is 20.4. The van der Waals surface area contributed by atoms with Crippen molar-refractivity contribution in [3.8, 4) is 39.5 Å². The first-order valence-electron chi connectivity index (χ1n) is 15.1. The van der Waals surface area contributed by atoms with Crippen molar-refractivity contribution in [3.63, 3.8) is 0 Å². The molecule has 0 bridgehead atoms. The maximum absolute atomic E-state index is 6.14. The van der Waals surface area contributed by atoms with Gasteiger partial charge in [0, 0.05) is 5.41 Å². The third-order valence-corrected chi connectivity index (χ3v) is 8.50. The summed E-state index contributed by atoms with van der Waals surface area (Å²) >= 11 is 0. The van der Waals surface area contributed by atoms with Crippen molar-refractivity contribution in [1.82, 2.24) is 0 Å². The Labute approximate surface area is 253 Å². The SMILES string of the molecule is Cc1ccc(C(C)(C)c2ccc(OCC3CO3)cc2)cc1-c1cc(OCC2CO2)ccc1-c1ccc(OCC2CO2)cc1. The Bertz CT molecular complexity index is 1560. The molecule has 3 saturated heterocycles. The minimum Gasteiger partial charge on any atom is -0.491 e.